The number of furan rings is 1. The lowest BCUT2D eigenvalue weighted by atomic mass is 10.1. The maximum atomic E-state index is 5.98. The van der Waals surface area contributed by atoms with Crippen molar-refractivity contribution in [2.45, 2.75) is 32.1 Å². The van der Waals surface area contributed by atoms with E-state index in [-0.39, 0.29) is 0 Å². The van der Waals surface area contributed by atoms with E-state index in [9.17, 15) is 0 Å². The molecule has 0 atom stereocenters. The van der Waals surface area contributed by atoms with E-state index in [2.05, 4.69) is 13.0 Å². The standard InChI is InChI=1S/C16H18ClO/c1-2-3-4-5-9-16-11-14(12-18-16)13-7-6-8-15(17)10-13/h6-8,10-12H,1-5,9H2. The molecule has 1 nitrogen and oxygen atoms in total. The van der Waals surface area contributed by atoms with Gasteiger partial charge in [0.05, 0.1) is 6.26 Å². The summed E-state index contributed by atoms with van der Waals surface area (Å²) in [5.74, 6) is 1.05. The molecule has 1 aromatic carbocycles. The Hall–Kier alpha value is -1.21. The van der Waals surface area contributed by atoms with Gasteiger partial charge in [-0.15, -0.1) is 0 Å². The van der Waals surface area contributed by atoms with Gasteiger partial charge in [-0.25, -0.2) is 0 Å². The Morgan fingerprint density at radius 3 is 2.72 bits per heavy atom. The molecule has 2 rings (SSSR count). The number of aryl methyl sites for hydroxylation is 1. The number of benzene rings is 1. The van der Waals surface area contributed by atoms with Gasteiger partial charge in [0, 0.05) is 17.0 Å². The minimum atomic E-state index is 0.755. The van der Waals surface area contributed by atoms with Crippen molar-refractivity contribution >= 4 is 11.6 Å². The summed E-state index contributed by atoms with van der Waals surface area (Å²) in [4.78, 5) is 0. The average molecular weight is 262 g/mol. The summed E-state index contributed by atoms with van der Waals surface area (Å²) in [5, 5.41) is 0.755. The van der Waals surface area contributed by atoms with E-state index in [0.29, 0.717) is 0 Å². The molecule has 0 spiro atoms. The highest BCUT2D eigenvalue weighted by molar-refractivity contribution is 6.30. The second-order valence-corrected chi connectivity index (χ2v) is 4.91. The first kappa shape index (κ1) is 13.2. The van der Waals surface area contributed by atoms with Crippen molar-refractivity contribution in [1.29, 1.82) is 0 Å². The van der Waals surface area contributed by atoms with Crippen LogP contribution >= 0.6 is 11.6 Å². The van der Waals surface area contributed by atoms with Crippen LogP contribution in [0.1, 0.15) is 31.4 Å². The van der Waals surface area contributed by atoms with Crippen LogP contribution in [0.15, 0.2) is 41.0 Å². The molecule has 2 aromatic rings. The third-order valence-electron chi connectivity index (χ3n) is 2.98. The summed E-state index contributed by atoms with van der Waals surface area (Å²) in [5.41, 5.74) is 2.21. The van der Waals surface area contributed by atoms with E-state index < -0.39 is 0 Å². The number of unbranched alkanes of at least 4 members (excludes halogenated alkanes) is 3. The van der Waals surface area contributed by atoms with Gasteiger partial charge in [0.25, 0.3) is 0 Å². The lowest BCUT2D eigenvalue weighted by molar-refractivity contribution is 0.496. The zero-order valence-electron chi connectivity index (χ0n) is 10.5. The molecule has 0 saturated heterocycles. The van der Waals surface area contributed by atoms with Crippen molar-refractivity contribution in [3.05, 3.63) is 54.3 Å². The summed E-state index contributed by atoms with van der Waals surface area (Å²) in [6, 6.07) is 9.95. The van der Waals surface area contributed by atoms with E-state index in [4.69, 9.17) is 16.0 Å². The van der Waals surface area contributed by atoms with Gasteiger partial charge in [-0.2, -0.15) is 0 Å². The van der Waals surface area contributed by atoms with Gasteiger partial charge >= 0.3 is 0 Å². The molecule has 0 aliphatic carbocycles. The molecule has 0 amide bonds. The van der Waals surface area contributed by atoms with E-state index in [1.54, 1.807) is 0 Å². The first-order valence-electron chi connectivity index (χ1n) is 6.42. The largest absolute Gasteiger partial charge is 0.469 e. The molecule has 1 aromatic heterocycles. The van der Waals surface area contributed by atoms with Crippen molar-refractivity contribution < 1.29 is 4.42 Å². The molecule has 2 heteroatoms. The smallest absolute Gasteiger partial charge is 0.104 e. The maximum Gasteiger partial charge on any atom is 0.104 e. The van der Waals surface area contributed by atoms with Gasteiger partial charge in [-0.05, 0) is 30.2 Å². The van der Waals surface area contributed by atoms with Crippen molar-refractivity contribution in [3.63, 3.8) is 0 Å². The Balaban J connectivity index is 1.97. The highest BCUT2D eigenvalue weighted by Gasteiger charge is 2.04. The Morgan fingerprint density at radius 2 is 1.94 bits per heavy atom. The van der Waals surface area contributed by atoms with Crippen LogP contribution in [0.5, 0.6) is 0 Å². The molecule has 1 radical (unpaired) electrons. The van der Waals surface area contributed by atoms with Crippen molar-refractivity contribution in [3.8, 4) is 11.1 Å². The van der Waals surface area contributed by atoms with Crippen molar-refractivity contribution in [2.24, 2.45) is 0 Å². The van der Waals surface area contributed by atoms with E-state index in [0.717, 1.165) is 41.2 Å². The molecule has 0 fully saturated rings. The molecule has 0 saturated carbocycles. The third kappa shape index (κ3) is 3.64. The van der Waals surface area contributed by atoms with Gasteiger partial charge in [0.1, 0.15) is 5.76 Å². The van der Waals surface area contributed by atoms with Crippen LogP contribution in [0.3, 0.4) is 0 Å². The van der Waals surface area contributed by atoms with Crippen LogP contribution in [-0.4, -0.2) is 0 Å². The highest BCUT2D eigenvalue weighted by atomic mass is 35.5. The first-order valence-corrected chi connectivity index (χ1v) is 6.80. The summed E-state index contributed by atoms with van der Waals surface area (Å²) in [7, 11) is 0. The predicted octanol–water partition coefficient (Wildman–Crippen LogP) is 5.54. The summed E-state index contributed by atoms with van der Waals surface area (Å²) >= 11 is 5.98. The van der Waals surface area contributed by atoms with E-state index >= 15 is 0 Å². The molecule has 0 aliphatic heterocycles. The Kier molecular flexibility index (Phi) is 4.89. The zero-order valence-corrected chi connectivity index (χ0v) is 11.2. The average Bonchev–Trinajstić information content (AvgIpc) is 2.83. The lowest BCUT2D eigenvalue weighted by Gasteiger charge is -1.97. The maximum absolute atomic E-state index is 5.98. The monoisotopic (exact) mass is 261 g/mol. The molecule has 0 aliphatic rings. The van der Waals surface area contributed by atoms with Gasteiger partial charge in [-0.3, -0.25) is 0 Å². The van der Waals surface area contributed by atoms with Gasteiger partial charge in [0.2, 0.25) is 0 Å². The normalized spacial score (nSPS) is 10.8. The second-order valence-electron chi connectivity index (χ2n) is 4.48. The fourth-order valence-electron chi connectivity index (χ4n) is 1.98. The molecule has 0 unspecified atom stereocenters. The van der Waals surface area contributed by atoms with Gasteiger partial charge in [0.15, 0.2) is 0 Å². The number of hydrogen-bond acceptors (Lipinski definition) is 1. The minimum Gasteiger partial charge on any atom is -0.469 e. The Morgan fingerprint density at radius 1 is 1.06 bits per heavy atom. The molecule has 95 valence electrons. The minimum absolute atomic E-state index is 0.755. The van der Waals surface area contributed by atoms with Crippen LogP contribution in [-0.2, 0) is 6.42 Å². The van der Waals surface area contributed by atoms with Crippen molar-refractivity contribution in [2.75, 3.05) is 0 Å². The topological polar surface area (TPSA) is 13.1 Å². The van der Waals surface area contributed by atoms with Crippen LogP contribution < -0.4 is 0 Å². The summed E-state index contributed by atoms with van der Waals surface area (Å²) in [6.45, 7) is 3.85. The molecule has 0 N–H and O–H groups in total. The zero-order chi connectivity index (χ0) is 12.8. The molecular formula is C16H18ClO. The summed E-state index contributed by atoms with van der Waals surface area (Å²) in [6.07, 6.45) is 7.41. The van der Waals surface area contributed by atoms with Gasteiger partial charge < -0.3 is 4.42 Å². The third-order valence-corrected chi connectivity index (χ3v) is 3.22. The Labute approximate surface area is 114 Å². The molecule has 18 heavy (non-hydrogen) atoms. The number of rotatable bonds is 6. The molecule has 0 bridgehead atoms. The van der Waals surface area contributed by atoms with E-state index in [1.807, 2.05) is 30.5 Å². The van der Waals surface area contributed by atoms with Crippen LogP contribution in [0.2, 0.25) is 5.02 Å². The number of hydrogen-bond donors (Lipinski definition) is 0. The van der Waals surface area contributed by atoms with Crippen molar-refractivity contribution in [1.82, 2.24) is 0 Å². The van der Waals surface area contributed by atoms with Crippen LogP contribution in [0.25, 0.3) is 11.1 Å². The van der Waals surface area contributed by atoms with Crippen LogP contribution in [0, 0.1) is 6.92 Å². The fraction of sp³-hybridized carbons (Fsp3) is 0.312. The quantitative estimate of drug-likeness (QED) is 0.623. The molecular weight excluding hydrogens is 244 g/mol. The lowest BCUT2D eigenvalue weighted by Crippen LogP contribution is -1.82. The first-order chi connectivity index (χ1) is 8.79. The van der Waals surface area contributed by atoms with Gasteiger partial charge in [-0.1, -0.05) is 49.9 Å². The number of halogens is 1. The fourth-order valence-corrected chi connectivity index (χ4v) is 2.17. The highest BCUT2D eigenvalue weighted by Crippen LogP contribution is 2.25. The molecule has 1 heterocycles. The van der Waals surface area contributed by atoms with E-state index in [1.165, 1.54) is 12.8 Å². The SMILES string of the molecule is [CH2]CCCCCc1cc(-c2cccc(Cl)c2)co1. The second kappa shape index (κ2) is 6.65. The predicted molar refractivity (Wildman–Crippen MR) is 76.7 cm³/mol. The Bertz CT molecular complexity index is 487. The summed E-state index contributed by atoms with van der Waals surface area (Å²) < 4.78 is 5.58. The van der Waals surface area contributed by atoms with Crippen LogP contribution in [0.4, 0.5) is 0 Å².